The van der Waals surface area contributed by atoms with E-state index in [2.05, 4.69) is 5.32 Å². The van der Waals surface area contributed by atoms with E-state index < -0.39 is 0 Å². The summed E-state index contributed by atoms with van der Waals surface area (Å²) < 4.78 is 13.1. The molecule has 76 valence electrons. The number of ketones is 1. The Morgan fingerprint density at radius 1 is 1.57 bits per heavy atom. The predicted molar refractivity (Wildman–Crippen MR) is 53.8 cm³/mol. The van der Waals surface area contributed by atoms with Gasteiger partial charge in [-0.15, -0.1) is 0 Å². The molecule has 14 heavy (non-hydrogen) atoms. The van der Waals surface area contributed by atoms with Gasteiger partial charge in [0.1, 0.15) is 11.6 Å². The Kier molecular flexibility index (Phi) is 4.04. The first-order chi connectivity index (χ1) is 6.59. The van der Waals surface area contributed by atoms with Crippen LogP contribution in [0.1, 0.15) is 12.5 Å². The zero-order valence-electron chi connectivity index (χ0n) is 7.81. The summed E-state index contributed by atoms with van der Waals surface area (Å²) in [6.07, 6.45) is 0. The molecule has 0 fully saturated rings. The molecule has 0 aliphatic heterocycles. The number of Topliss-reactive ketones (excluding diaryl/α,β-unsaturated/α-hetero) is 1. The van der Waals surface area contributed by atoms with Gasteiger partial charge in [0.15, 0.2) is 0 Å². The minimum absolute atomic E-state index is 0.0208. The molecule has 0 aliphatic rings. The van der Waals surface area contributed by atoms with Crippen molar-refractivity contribution in [3.8, 4) is 0 Å². The Bertz CT molecular complexity index is 341. The normalized spacial score (nSPS) is 10.2. The fraction of sp³-hybridized carbons (Fsp3) is 0.300. The zero-order chi connectivity index (χ0) is 10.6. The highest BCUT2D eigenvalue weighted by Crippen LogP contribution is 2.14. The van der Waals surface area contributed by atoms with Gasteiger partial charge in [-0.2, -0.15) is 0 Å². The van der Waals surface area contributed by atoms with Gasteiger partial charge in [-0.3, -0.25) is 4.79 Å². The van der Waals surface area contributed by atoms with Gasteiger partial charge >= 0.3 is 0 Å². The fourth-order valence-corrected chi connectivity index (χ4v) is 1.25. The van der Waals surface area contributed by atoms with E-state index in [1.54, 1.807) is 6.07 Å². The van der Waals surface area contributed by atoms with Crippen molar-refractivity contribution in [2.24, 2.45) is 0 Å². The van der Waals surface area contributed by atoms with Crippen molar-refractivity contribution in [2.75, 3.05) is 6.54 Å². The van der Waals surface area contributed by atoms with Crippen molar-refractivity contribution in [3.63, 3.8) is 0 Å². The van der Waals surface area contributed by atoms with Crippen LogP contribution in [-0.2, 0) is 11.3 Å². The van der Waals surface area contributed by atoms with Gasteiger partial charge in [0.2, 0.25) is 0 Å². The summed E-state index contributed by atoms with van der Waals surface area (Å²) in [5.74, 6) is -0.294. The second-order valence-electron chi connectivity index (χ2n) is 3.04. The number of carbonyl (C=O) groups excluding carboxylic acids is 1. The van der Waals surface area contributed by atoms with Crippen molar-refractivity contribution >= 4 is 17.4 Å². The van der Waals surface area contributed by atoms with Gasteiger partial charge in [0.25, 0.3) is 0 Å². The van der Waals surface area contributed by atoms with Gasteiger partial charge in [-0.05, 0) is 25.1 Å². The number of hydrogen-bond acceptors (Lipinski definition) is 2. The second-order valence-corrected chi connectivity index (χ2v) is 3.48. The molecule has 0 saturated heterocycles. The van der Waals surface area contributed by atoms with Crippen molar-refractivity contribution in [3.05, 3.63) is 34.6 Å². The lowest BCUT2D eigenvalue weighted by Gasteiger charge is -2.04. The summed E-state index contributed by atoms with van der Waals surface area (Å²) in [6, 6.07) is 4.35. The molecule has 1 aromatic carbocycles. The maximum absolute atomic E-state index is 13.1. The lowest BCUT2D eigenvalue weighted by molar-refractivity contribution is -0.116. The van der Waals surface area contributed by atoms with Crippen LogP contribution in [0.5, 0.6) is 0 Å². The molecule has 1 aromatic rings. The summed E-state index contributed by atoms with van der Waals surface area (Å²) in [7, 11) is 0. The smallest absolute Gasteiger partial charge is 0.143 e. The van der Waals surface area contributed by atoms with E-state index in [1.807, 2.05) is 0 Å². The third kappa shape index (κ3) is 3.44. The summed E-state index contributed by atoms with van der Waals surface area (Å²) in [6.45, 7) is 2.03. The van der Waals surface area contributed by atoms with Crippen LogP contribution in [0.2, 0.25) is 5.02 Å². The number of hydrogen-bond donors (Lipinski definition) is 1. The molecule has 0 atom stereocenters. The highest BCUT2D eigenvalue weighted by Gasteiger charge is 2.02. The summed E-state index contributed by atoms with van der Waals surface area (Å²) in [4.78, 5) is 10.6. The molecule has 0 spiro atoms. The van der Waals surface area contributed by atoms with Crippen molar-refractivity contribution in [1.82, 2.24) is 5.32 Å². The molecule has 0 aromatic heterocycles. The quantitative estimate of drug-likeness (QED) is 0.834. The van der Waals surface area contributed by atoms with Crippen LogP contribution in [0.3, 0.4) is 0 Å². The van der Waals surface area contributed by atoms with E-state index in [1.165, 1.54) is 19.1 Å². The van der Waals surface area contributed by atoms with Crippen molar-refractivity contribution in [2.45, 2.75) is 13.5 Å². The summed E-state index contributed by atoms with van der Waals surface area (Å²) in [5.41, 5.74) is 0.471. The van der Waals surface area contributed by atoms with Crippen LogP contribution in [-0.4, -0.2) is 12.3 Å². The number of benzene rings is 1. The molecule has 0 bridgehead atoms. The van der Waals surface area contributed by atoms with Gasteiger partial charge in [0, 0.05) is 17.1 Å². The van der Waals surface area contributed by atoms with E-state index >= 15 is 0 Å². The summed E-state index contributed by atoms with van der Waals surface area (Å²) >= 11 is 5.70. The van der Waals surface area contributed by atoms with Crippen LogP contribution in [0.25, 0.3) is 0 Å². The Balaban J connectivity index is 2.57. The largest absolute Gasteiger partial charge is 0.306 e. The third-order valence-electron chi connectivity index (χ3n) is 1.70. The number of carbonyl (C=O) groups is 1. The Labute approximate surface area is 87.1 Å². The van der Waals surface area contributed by atoms with Crippen LogP contribution in [0.4, 0.5) is 4.39 Å². The maximum atomic E-state index is 13.1. The highest BCUT2D eigenvalue weighted by atomic mass is 35.5. The first-order valence-corrected chi connectivity index (χ1v) is 4.61. The molecule has 1 rings (SSSR count). The van der Waals surface area contributed by atoms with E-state index in [0.717, 1.165) is 0 Å². The molecule has 1 N–H and O–H groups in total. The Morgan fingerprint density at radius 2 is 2.29 bits per heavy atom. The predicted octanol–water partition coefficient (Wildman–Crippen LogP) is 2.16. The molecule has 0 unspecified atom stereocenters. The molecular weight excluding hydrogens is 205 g/mol. The van der Waals surface area contributed by atoms with Gasteiger partial charge < -0.3 is 5.32 Å². The second kappa shape index (κ2) is 5.08. The molecule has 4 heteroatoms. The minimum atomic E-state index is -0.314. The monoisotopic (exact) mass is 215 g/mol. The molecule has 0 aliphatic carbocycles. The molecule has 0 amide bonds. The number of halogens is 2. The standard InChI is InChI=1S/C10H11ClFNO/c1-7(14)5-13-6-8-4-9(11)2-3-10(8)12/h2-4,13H,5-6H2,1H3. The van der Waals surface area contributed by atoms with Crippen molar-refractivity contribution < 1.29 is 9.18 Å². The van der Waals surface area contributed by atoms with Gasteiger partial charge in [0.05, 0.1) is 6.54 Å². The lowest BCUT2D eigenvalue weighted by atomic mass is 10.2. The Hall–Kier alpha value is -0.930. The maximum Gasteiger partial charge on any atom is 0.143 e. The van der Waals surface area contributed by atoms with Crippen molar-refractivity contribution in [1.29, 1.82) is 0 Å². The first kappa shape index (κ1) is 11.1. The molecular formula is C10H11ClFNO. The topological polar surface area (TPSA) is 29.1 Å². The zero-order valence-corrected chi connectivity index (χ0v) is 8.57. The fourth-order valence-electron chi connectivity index (χ4n) is 1.05. The van der Waals surface area contributed by atoms with Gasteiger partial charge in [-0.25, -0.2) is 4.39 Å². The summed E-state index contributed by atoms with van der Waals surface area (Å²) in [5, 5.41) is 3.31. The van der Waals surface area contributed by atoms with Crippen LogP contribution in [0, 0.1) is 5.82 Å². The van der Waals surface area contributed by atoms with Crippen LogP contribution < -0.4 is 5.32 Å². The lowest BCUT2D eigenvalue weighted by Crippen LogP contribution is -2.20. The average molecular weight is 216 g/mol. The molecule has 2 nitrogen and oxygen atoms in total. The highest BCUT2D eigenvalue weighted by molar-refractivity contribution is 6.30. The third-order valence-corrected chi connectivity index (χ3v) is 1.93. The SMILES string of the molecule is CC(=O)CNCc1cc(Cl)ccc1F. The average Bonchev–Trinajstić information content (AvgIpc) is 2.10. The number of rotatable bonds is 4. The molecule has 0 radical (unpaired) electrons. The van der Waals surface area contributed by atoms with Crippen LogP contribution in [0.15, 0.2) is 18.2 Å². The van der Waals surface area contributed by atoms with Crippen LogP contribution >= 0.6 is 11.6 Å². The Morgan fingerprint density at radius 3 is 2.93 bits per heavy atom. The van der Waals surface area contributed by atoms with Gasteiger partial charge in [-0.1, -0.05) is 11.6 Å². The minimum Gasteiger partial charge on any atom is -0.306 e. The van der Waals surface area contributed by atoms with E-state index in [0.29, 0.717) is 17.1 Å². The first-order valence-electron chi connectivity index (χ1n) is 4.23. The van der Waals surface area contributed by atoms with E-state index in [4.69, 9.17) is 11.6 Å². The van der Waals surface area contributed by atoms with E-state index in [9.17, 15) is 9.18 Å². The number of nitrogens with one attached hydrogen (secondary N) is 1. The molecule has 0 saturated carbocycles. The molecule has 0 heterocycles. The van der Waals surface area contributed by atoms with E-state index in [-0.39, 0.29) is 18.1 Å².